The Bertz CT molecular complexity index is 518. The van der Waals surface area contributed by atoms with E-state index in [-0.39, 0.29) is 11.8 Å². The fourth-order valence-electron chi connectivity index (χ4n) is 2.38. The highest BCUT2D eigenvalue weighted by Gasteiger charge is 2.27. The summed E-state index contributed by atoms with van der Waals surface area (Å²) in [6, 6.07) is 5.51. The van der Waals surface area contributed by atoms with E-state index >= 15 is 0 Å². The Hall–Kier alpha value is -1.13. The lowest BCUT2D eigenvalue weighted by Gasteiger charge is -2.32. The molecule has 0 aromatic heterocycles. The number of amides is 1. The highest BCUT2D eigenvalue weighted by Crippen LogP contribution is 2.24. The van der Waals surface area contributed by atoms with Gasteiger partial charge in [0.25, 0.3) is 5.91 Å². The molecule has 0 saturated carbocycles. The summed E-state index contributed by atoms with van der Waals surface area (Å²) in [6.45, 7) is 3.23. The van der Waals surface area contributed by atoms with Crippen molar-refractivity contribution in [2.75, 3.05) is 13.1 Å². The van der Waals surface area contributed by atoms with E-state index in [2.05, 4.69) is 0 Å². The zero-order chi connectivity index (χ0) is 14.0. The second-order valence-corrected chi connectivity index (χ2v) is 5.78. The van der Waals surface area contributed by atoms with E-state index in [1.807, 2.05) is 19.1 Å². The van der Waals surface area contributed by atoms with E-state index < -0.39 is 0 Å². The van der Waals surface area contributed by atoms with Gasteiger partial charge in [-0.2, -0.15) is 0 Å². The topological polar surface area (TPSA) is 46.3 Å². The standard InChI is InChI=1S/C14H17ClN2OS/c1-9-4-2-6-11(12(9)15)14(18)17-7-3-5-10(8-17)13(16)19/h2,4,6,10H,3,5,7-8H2,1H3,(H2,16,19). The zero-order valence-corrected chi connectivity index (χ0v) is 12.4. The maximum absolute atomic E-state index is 12.5. The van der Waals surface area contributed by atoms with Gasteiger partial charge in [-0.1, -0.05) is 36.0 Å². The number of nitrogens with two attached hydrogens (primary N) is 1. The number of rotatable bonds is 2. The van der Waals surface area contributed by atoms with Crippen LogP contribution in [0.3, 0.4) is 0 Å². The largest absolute Gasteiger partial charge is 0.393 e. The first-order valence-electron chi connectivity index (χ1n) is 6.34. The normalized spacial score (nSPS) is 19.3. The number of carbonyl (C=O) groups is 1. The minimum absolute atomic E-state index is 0.0327. The molecule has 1 aliphatic rings. The number of carbonyl (C=O) groups excluding carboxylic acids is 1. The zero-order valence-electron chi connectivity index (χ0n) is 10.9. The van der Waals surface area contributed by atoms with Crippen molar-refractivity contribution in [2.24, 2.45) is 11.7 Å². The van der Waals surface area contributed by atoms with Crippen molar-refractivity contribution in [3.8, 4) is 0 Å². The Morgan fingerprint density at radius 2 is 2.26 bits per heavy atom. The molecule has 0 spiro atoms. The first-order chi connectivity index (χ1) is 9.00. The van der Waals surface area contributed by atoms with Crippen LogP contribution in [0.25, 0.3) is 0 Å². The Balaban J connectivity index is 2.19. The van der Waals surface area contributed by atoms with Crippen LogP contribution in [-0.2, 0) is 0 Å². The third-order valence-electron chi connectivity index (χ3n) is 3.53. The molecule has 1 heterocycles. The summed E-state index contributed by atoms with van der Waals surface area (Å²) in [5, 5.41) is 0.532. The van der Waals surface area contributed by atoms with Gasteiger partial charge < -0.3 is 10.6 Å². The molecule has 1 aromatic carbocycles. The third-order valence-corrected chi connectivity index (χ3v) is 4.37. The smallest absolute Gasteiger partial charge is 0.255 e. The van der Waals surface area contributed by atoms with Gasteiger partial charge in [-0.05, 0) is 31.4 Å². The summed E-state index contributed by atoms with van der Waals surface area (Å²) >= 11 is 11.2. The molecule has 1 saturated heterocycles. The molecule has 1 amide bonds. The van der Waals surface area contributed by atoms with E-state index in [1.165, 1.54) is 0 Å². The SMILES string of the molecule is Cc1cccc(C(=O)N2CCCC(C(N)=S)C2)c1Cl. The molecule has 1 atom stereocenters. The van der Waals surface area contributed by atoms with Crippen molar-refractivity contribution in [1.82, 2.24) is 4.90 Å². The first kappa shape index (κ1) is 14.3. The third kappa shape index (κ3) is 3.07. The van der Waals surface area contributed by atoms with E-state index in [0.29, 0.717) is 22.1 Å². The van der Waals surface area contributed by atoms with Crippen LogP contribution in [0.15, 0.2) is 18.2 Å². The van der Waals surface area contributed by atoms with Crippen LogP contribution >= 0.6 is 23.8 Å². The fraction of sp³-hybridized carbons (Fsp3) is 0.429. The number of likely N-dealkylation sites (tertiary alicyclic amines) is 1. The maximum Gasteiger partial charge on any atom is 0.255 e. The summed E-state index contributed by atoms with van der Waals surface area (Å²) in [5.41, 5.74) is 7.16. The molecule has 3 nitrogen and oxygen atoms in total. The number of hydrogen-bond acceptors (Lipinski definition) is 2. The number of benzene rings is 1. The van der Waals surface area contributed by atoms with Gasteiger partial charge in [0.1, 0.15) is 0 Å². The molecule has 1 unspecified atom stereocenters. The molecule has 1 aromatic rings. The molecule has 19 heavy (non-hydrogen) atoms. The lowest BCUT2D eigenvalue weighted by Crippen LogP contribution is -2.43. The summed E-state index contributed by atoms with van der Waals surface area (Å²) in [4.78, 5) is 14.8. The Morgan fingerprint density at radius 3 is 2.95 bits per heavy atom. The molecule has 5 heteroatoms. The van der Waals surface area contributed by atoms with E-state index in [1.54, 1.807) is 11.0 Å². The minimum atomic E-state index is -0.0327. The highest BCUT2D eigenvalue weighted by molar-refractivity contribution is 7.80. The predicted octanol–water partition coefficient (Wildman–Crippen LogP) is 2.79. The van der Waals surface area contributed by atoms with Crippen LogP contribution in [0.1, 0.15) is 28.8 Å². The van der Waals surface area contributed by atoms with Crippen LogP contribution in [-0.4, -0.2) is 28.9 Å². The molecular weight excluding hydrogens is 280 g/mol. The van der Waals surface area contributed by atoms with Gasteiger partial charge in [0.15, 0.2) is 0 Å². The van der Waals surface area contributed by atoms with Crippen LogP contribution < -0.4 is 5.73 Å². The van der Waals surface area contributed by atoms with Crippen LogP contribution in [0.5, 0.6) is 0 Å². The minimum Gasteiger partial charge on any atom is -0.393 e. The van der Waals surface area contributed by atoms with Crippen LogP contribution in [0, 0.1) is 12.8 Å². The second kappa shape index (κ2) is 5.88. The van der Waals surface area contributed by atoms with Gasteiger partial charge in [0, 0.05) is 19.0 Å². The Labute approximate surface area is 123 Å². The van der Waals surface area contributed by atoms with Crippen molar-refractivity contribution in [2.45, 2.75) is 19.8 Å². The molecule has 2 rings (SSSR count). The number of aryl methyl sites for hydroxylation is 1. The van der Waals surface area contributed by atoms with Gasteiger partial charge >= 0.3 is 0 Å². The van der Waals surface area contributed by atoms with Gasteiger partial charge in [-0.25, -0.2) is 0 Å². The number of nitrogens with zero attached hydrogens (tertiary/aromatic N) is 1. The average molecular weight is 297 g/mol. The fourth-order valence-corrected chi connectivity index (χ4v) is 2.78. The van der Waals surface area contributed by atoms with Crippen molar-refractivity contribution in [1.29, 1.82) is 0 Å². The molecule has 2 N–H and O–H groups in total. The van der Waals surface area contributed by atoms with Gasteiger partial charge in [0.05, 0.1) is 15.6 Å². The lowest BCUT2D eigenvalue weighted by atomic mass is 9.97. The van der Waals surface area contributed by atoms with Crippen molar-refractivity contribution in [3.05, 3.63) is 34.3 Å². The van der Waals surface area contributed by atoms with Crippen molar-refractivity contribution < 1.29 is 4.79 Å². The summed E-state index contributed by atoms with van der Waals surface area (Å²) in [5.74, 6) is 0.0888. The van der Waals surface area contributed by atoms with Crippen LogP contribution in [0.4, 0.5) is 0 Å². The summed E-state index contributed by atoms with van der Waals surface area (Å²) in [6.07, 6.45) is 1.89. The van der Waals surface area contributed by atoms with E-state index in [4.69, 9.17) is 29.6 Å². The molecule has 0 radical (unpaired) electrons. The molecular formula is C14H17ClN2OS. The Kier molecular flexibility index (Phi) is 4.42. The van der Waals surface area contributed by atoms with Gasteiger partial charge in [-0.15, -0.1) is 0 Å². The molecule has 1 aliphatic heterocycles. The first-order valence-corrected chi connectivity index (χ1v) is 7.13. The van der Waals surface area contributed by atoms with E-state index in [0.717, 1.165) is 24.9 Å². The predicted molar refractivity (Wildman–Crippen MR) is 81.6 cm³/mol. The molecule has 0 bridgehead atoms. The monoisotopic (exact) mass is 296 g/mol. The summed E-state index contributed by atoms with van der Waals surface area (Å²) < 4.78 is 0. The second-order valence-electron chi connectivity index (χ2n) is 4.93. The number of halogens is 1. The Morgan fingerprint density at radius 1 is 1.53 bits per heavy atom. The molecule has 102 valence electrons. The van der Waals surface area contributed by atoms with Gasteiger partial charge in [-0.3, -0.25) is 4.79 Å². The average Bonchev–Trinajstić information content (AvgIpc) is 2.41. The summed E-state index contributed by atoms with van der Waals surface area (Å²) in [7, 11) is 0. The van der Waals surface area contributed by atoms with E-state index in [9.17, 15) is 4.79 Å². The van der Waals surface area contributed by atoms with Gasteiger partial charge in [0.2, 0.25) is 0 Å². The maximum atomic E-state index is 12.5. The highest BCUT2D eigenvalue weighted by atomic mass is 35.5. The number of piperidine rings is 1. The van der Waals surface area contributed by atoms with Crippen molar-refractivity contribution >= 4 is 34.7 Å². The lowest BCUT2D eigenvalue weighted by molar-refractivity contribution is 0.0703. The quantitative estimate of drug-likeness (QED) is 0.854. The molecule has 1 fully saturated rings. The van der Waals surface area contributed by atoms with Crippen LogP contribution in [0.2, 0.25) is 5.02 Å². The number of hydrogen-bond donors (Lipinski definition) is 1. The van der Waals surface area contributed by atoms with Crippen molar-refractivity contribution in [3.63, 3.8) is 0 Å². The number of thiocarbonyl (C=S) groups is 1. The molecule has 0 aliphatic carbocycles.